The molecule has 4 heteroatoms. The average molecular weight is 324 g/mol. The van der Waals surface area contributed by atoms with Crippen molar-refractivity contribution in [3.63, 3.8) is 0 Å². The summed E-state index contributed by atoms with van der Waals surface area (Å²) in [6.45, 7) is 0. The zero-order valence-corrected chi connectivity index (χ0v) is 10.6. The van der Waals surface area contributed by atoms with Crippen molar-refractivity contribution in [3.05, 3.63) is 45.4 Å². The number of pyridine rings is 2. The third-order valence-corrected chi connectivity index (χ3v) is 3.22. The van der Waals surface area contributed by atoms with Crippen molar-refractivity contribution in [1.82, 2.24) is 9.97 Å². The van der Waals surface area contributed by atoms with Crippen LogP contribution in [0.1, 0.15) is 11.1 Å². The molecule has 80 valence electrons. The number of aromatic nitrogens is 2. The molecular weight excluding hydrogens is 315 g/mol. The van der Waals surface area contributed by atoms with Gasteiger partial charge in [0.25, 0.3) is 0 Å². The van der Waals surface area contributed by atoms with Gasteiger partial charge in [-0.1, -0.05) is 0 Å². The Bertz CT molecular complexity index is 542. The fraction of sp³-hybridized carbons (Fsp3) is 0.167. The third-order valence-electron chi connectivity index (χ3n) is 2.63. The Morgan fingerprint density at radius 2 is 2.06 bits per heavy atom. The summed E-state index contributed by atoms with van der Waals surface area (Å²) in [5.41, 5.74) is 2.37. The van der Waals surface area contributed by atoms with E-state index in [-0.39, 0.29) is 0 Å². The van der Waals surface area contributed by atoms with Gasteiger partial charge in [0.05, 0.1) is 6.20 Å². The molecule has 0 amide bonds. The first-order chi connectivity index (χ1) is 7.83. The second kappa shape index (κ2) is 4.01. The van der Waals surface area contributed by atoms with E-state index in [2.05, 4.69) is 38.6 Å². The van der Waals surface area contributed by atoms with Gasteiger partial charge in [0.15, 0.2) is 5.75 Å². The number of fused-ring (bicyclic) bond motifs is 2. The van der Waals surface area contributed by atoms with E-state index in [1.165, 1.54) is 11.1 Å². The van der Waals surface area contributed by atoms with Crippen LogP contribution < -0.4 is 4.74 Å². The topological polar surface area (TPSA) is 35.0 Å². The van der Waals surface area contributed by atoms with Gasteiger partial charge in [-0.15, -0.1) is 0 Å². The number of hydrogen-bond donors (Lipinski definition) is 0. The summed E-state index contributed by atoms with van der Waals surface area (Å²) in [5, 5.41) is 0. The molecule has 2 aromatic rings. The van der Waals surface area contributed by atoms with E-state index in [4.69, 9.17) is 4.74 Å². The standard InChI is InChI=1S/C12H9IN2O/c13-10-5-9-2-1-8-3-4-14-7-11(8)16-12(9)15-6-10/h3-7H,1-2H2. The van der Waals surface area contributed by atoms with Gasteiger partial charge in [0.1, 0.15) is 0 Å². The molecule has 16 heavy (non-hydrogen) atoms. The maximum absolute atomic E-state index is 5.78. The zero-order chi connectivity index (χ0) is 11.0. The minimum atomic E-state index is 0.715. The highest BCUT2D eigenvalue weighted by molar-refractivity contribution is 14.1. The van der Waals surface area contributed by atoms with Crippen molar-refractivity contribution in [2.24, 2.45) is 0 Å². The largest absolute Gasteiger partial charge is 0.437 e. The molecule has 0 saturated heterocycles. The molecule has 3 rings (SSSR count). The number of halogens is 1. The number of ether oxygens (including phenoxy) is 1. The van der Waals surface area contributed by atoms with E-state index in [0.29, 0.717) is 5.88 Å². The van der Waals surface area contributed by atoms with Gasteiger partial charge in [-0.2, -0.15) is 0 Å². The van der Waals surface area contributed by atoms with Crippen molar-refractivity contribution in [2.75, 3.05) is 0 Å². The van der Waals surface area contributed by atoms with E-state index in [1.807, 2.05) is 12.3 Å². The Labute approximate surface area is 107 Å². The molecule has 0 unspecified atom stereocenters. The van der Waals surface area contributed by atoms with E-state index in [0.717, 1.165) is 22.2 Å². The van der Waals surface area contributed by atoms with E-state index in [1.54, 1.807) is 12.4 Å². The summed E-state index contributed by atoms with van der Waals surface area (Å²) in [6.07, 6.45) is 7.32. The second-order valence-electron chi connectivity index (χ2n) is 3.70. The van der Waals surface area contributed by atoms with Crippen molar-refractivity contribution >= 4 is 22.6 Å². The van der Waals surface area contributed by atoms with Gasteiger partial charge in [-0.3, -0.25) is 4.98 Å². The van der Waals surface area contributed by atoms with E-state index in [9.17, 15) is 0 Å². The molecule has 0 fully saturated rings. The minimum absolute atomic E-state index is 0.715. The lowest BCUT2D eigenvalue weighted by Gasteiger charge is -2.06. The Morgan fingerprint density at radius 1 is 1.19 bits per heavy atom. The molecule has 0 spiro atoms. The fourth-order valence-electron chi connectivity index (χ4n) is 1.82. The highest BCUT2D eigenvalue weighted by atomic mass is 127. The predicted molar refractivity (Wildman–Crippen MR) is 68.7 cm³/mol. The molecule has 0 atom stereocenters. The van der Waals surface area contributed by atoms with Crippen LogP contribution in [0, 0.1) is 3.57 Å². The molecule has 1 aliphatic heterocycles. The molecule has 0 aromatic carbocycles. The van der Waals surface area contributed by atoms with Crippen LogP contribution in [-0.2, 0) is 12.8 Å². The Morgan fingerprint density at radius 3 is 3.00 bits per heavy atom. The zero-order valence-electron chi connectivity index (χ0n) is 8.48. The molecule has 0 radical (unpaired) electrons. The molecule has 0 bridgehead atoms. The first-order valence-corrected chi connectivity index (χ1v) is 6.16. The highest BCUT2D eigenvalue weighted by Crippen LogP contribution is 2.31. The highest BCUT2D eigenvalue weighted by Gasteiger charge is 2.15. The summed E-state index contributed by atoms with van der Waals surface area (Å²) in [5.74, 6) is 1.54. The third kappa shape index (κ3) is 1.77. The summed E-state index contributed by atoms with van der Waals surface area (Å²) in [7, 11) is 0. The lowest BCUT2D eigenvalue weighted by Crippen LogP contribution is -1.92. The average Bonchev–Trinajstić information content (AvgIpc) is 2.48. The smallest absolute Gasteiger partial charge is 0.222 e. The lowest BCUT2D eigenvalue weighted by molar-refractivity contribution is 0.457. The predicted octanol–water partition coefficient (Wildman–Crippen LogP) is 2.97. The summed E-state index contributed by atoms with van der Waals surface area (Å²) in [4.78, 5) is 8.40. The number of nitrogens with zero attached hydrogens (tertiary/aromatic N) is 2. The van der Waals surface area contributed by atoms with Crippen molar-refractivity contribution in [1.29, 1.82) is 0 Å². The van der Waals surface area contributed by atoms with Crippen LogP contribution in [-0.4, -0.2) is 9.97 Å². The van der Waals surface area contributed by atoms with Gasteiger partial charge in [0, 0.05) is 21.5 Å². The Hall–Kier alpha value is -1.17. The quantitative estimate of drug-likeness (QED) is 0.699. The first-order valence-electron chi connectivity index (χ1n) is 5.08. The lowest BCUT2D eigenvalue weighted by atomic mass is 10.1. The fourth-order valence-corrected chi connectivity index (χ4v) is 2.34. The monoisotopic (exact) mass is 324 g/mol. The van der Waals surface area contributed by atoms with Crippen LogP contribution in [0.2, 0.25) is 0 Å². The SMILES string of the molecule is Ic1cnc2c(c1)CCc1ccncc1O2. The molecular formula is C12H9IN2O. The van der Waals surface area contributed by atoms with Gasteiger partial charge in [-0.05, 0) is 53.1 Å². The maximum Gasteiger partial charge on any atom is 0.222 e. The molecule has 0 N–H and O–H groups in total. The first kappa shape index (κ1) is 10.0. The van der Waals surface area contributed by atoms with Gasteiger partial charge >= 0.3 is 0 Å². The van der Waals surface area contributed by atoms with Gasteiger partial charge < -0.3 is 4.74 Å². The summed E-state index contributed by atoms with van der Waals surface area (Å²) >= 11 is 2.27. The van der Waals surface area contributed by atoms with Crippen LogP contribution in [0.25, 0.3) is 0 Å². The van der Waals surface area contributed by atoms with Crippen molar-refractivity contribution in [2.45, 2.75) is 12.8 Å². The van der Waals surface area contributed by atoms with E-state index < -0.39 is 0 Å². The van der Waals surface area contributed by atoms with Crippen LogP contribution in [0.4, 0.5) is 0 Å². The normalized spacial score (nSPS) is 13.3. The van der Waals surface area contributed by atoms with Crippen LogP contribution in [0.15, 0.2) is 30.7 Å². The van der Waals surface area contributed by atoms with Gasteiger partial charge in [0.2, 0.25) is 5.88 Å². The molecule has 0 saturated carbocycles. The molecule has 0 aliphatic carbocycles. The van der Waals surface area contributed by atoms with Crippen molar-refractivity contribution in [3.8, 4) is 11.6 Å². The number of hydrogen-bond acceptors (Lipinski definition) is 3. The molecule has 3 nitrogen and oxygen atoms in total. The minimum Gasteiger partial charge on any atom is -0.437 e. The van der Waals surface area contributed by atoms with Crippen molar-refractivity contribution < 1.29 is 4.74 Å². The van der Waals surface area contributed by atoms with Crippen LogP contribution >= 0.6 is 22.6 Å². The van der Waals surface area contributed by atoms with Crippen LogP contribution in [0.5, 0.6) is 11.6 Å². The Kier molecular flexibility index (Phi) is 2.51. The summed E-state index contributed by atoms with van der Waals surface area (Å²) in [6, 6.07) is 4.13. The molecule has 2 aromatic heterocycles. The number of rotatable bonds is 0. The second-order valence-corrected chi connectivity index (χ2v) is 4.95. The maximum atomic E-state index is 5.78. The molecule has 1 aliphatic rings. The summed E-state index contributed by atoms with van der Waals surface area (Å²) < 4.78 is 6.92. The number of aryl methyl sites for hydroxylation is 2. The Balaban J connectivity index is 2.08. The van der Waals surface area contributed by atoms with E-state index >= 15 is 0 Å². The van der Waals surface area contributed by atoms with Crippen LogP contribution in [0.3, 0.4) is 0 Å². The van der Waals surface area contributed by atoms with Gasteiger partial charge in [-0.25, -0.2) is 4.98 Å². The molecule has 3 heterocycles.